The van der Waals surface area contributed by atoms with Crippen molar-refractivity contribution in [3.05, 3.63) is 0 Å². The fourth-order valence-corrected chi connectivity index (χ4v) is 14.2. The minimum atomic E-state index is -1.75. The zero-order valence-electron chi connectivity index (χ0n) is 37.5. The standard InChI is InChI=1S/C45H76O19/c1-19(18-58-40-37(55)34(52)31(49)27(15-46)60-40)7-12-45(57)20(2)30-26(64-45)14-25-23-6-5-21-13-22(8-10-43(21,3)24(23)9-11-44(25,30)4)59-42-39(36(54)33(51)29(17-48)62-42)63-41-38(56)35(53)32(50)28(16-47)61-41/h19-42,46-57H,5-18H2,1-4H3/t19-,20-,21+,22+,23+,24-,25-,26-,27+,28+,29+,30+,31-,32-,33+,34+,35+,36-,37-,38-,39+,40-,41+,42-,43-,44-,45+/m0/s1. The van der Waals surface area contributed by atoms with Crippen LogP contribution in [0.2, 0.25) is 0 Å². The third-order valence-corrected chi connectivity index (χ3v) is 18.0. The van der Waals surface area contributed by atoms with Gasteiger partial charge in [0.05, 0.1) is 38.6 Å². The summed E-state index contributed by atoms with van der Waals surface area (Å²) in [6.07, 6.45) is -13.7. The van der Waals surface area contributed by atoms with Crippen LogP contribution in [0.25, 0.3) is 0 Å². The first-order valence-corrected chi connectivity index (χ1v) is 23.9. The second-order valence-electron chi connectivity index (χ2n) is 21.5. The van der Waals surface area contributed by atoms with Crippen LogP contribution in [0.1, 0.15) is 91.9 Å². The van der Waals surface area contributed by atoms with E-state index in [-0.39, 0.29) is 47.4 Å². The number of aliphatic hydroxyl groups excluding tert-OH is 11. The molecule has 19 nitrogen and oxygen atoms in total. The predicted octanol–water partition coefficient (Wildman–Crippen LogP) is -1.78. The quantitative estimate of drug-likeness (QED) is 0.0909. The maximum absolute atomic E-state index is 12.1. The van der Waals surface area contributed by atoms with Crippen molar-refractivity contribution in [1.29, 1.82) is 0 Å². The first-order valence-electron chi connectivity index (χ1n) is 23.9. The third kappa shape index (κ3) is 8.65. The third-order valence-electron chi connectivity index (χ3n) is 18.0. The summed E-state index contributed by atoms with van der Waals surface area (Å²) < 4.78 is 42.0. The molecule has 4 saturated heterocycles. The molecule has 0 aromatic rings. The van der Waals surface area contributed by atoms with Crippen molar-refractivity contribution in [2.45, 2.75) is 202 Å². The number of hydrogen-bond acceptors (Lipinski definition) is 19. The van der Waals surface area contributed by atoms with E-state index in [1.54, 1.807) is 0 Å². The lowest BCUT2D eigenvalue weighted by molar-refractivity contribution is -0.373. The van der Waals surface area contributed by atoms with E-state index in [1.165, 1.54) is 0 Å². The summed E-state index contributed by atoms with van der Waals surface area (Å²) in [6.45, 7) is 7.28. The highest BCUT2D eigenvalue weighted by Crippen LogP contribution is 2.71. The summed E-state index contributed by atoms with van der Waals surface area (Å²) >= 11 is 0. The Morgan fingerprint density at radius 3 is 1.84 bits per heavy atom. The van der Waals surface area contributed by atoms with Crippen LogP contribution < -0.4 is 0 Å². The Bertz CT molecular complexity index is 1560. The van der Waals surface area contributed by atoms with Gasteiger partial charge in [0.1, 0.15) is 73.2 Å². The van der Waals surface area contributed by atoms with Crippen LogP contribution in [0.5, 0.6) is 0 Å². The van der Waals surface area contributed by atoms with Crippen molar-refractivity contribution in [3.8, 4) is 0 Å². The van der Waals surface area contributed by atoms with Crippen molar-refractivity contribution in [2.75, 3.05) is 26.4 Å². The second-order valence-corrected chi connectivity index (χ2v) is 21.5. The van der Waals surface area contributed by atoms with E-state index >= 15 is 0 Å². The van der Waals surface area contributed by atoms with E-state index in [0.29, 0.717) is 42.9 Å². The number of rotatable bonds is 13. The Labute approximate surface area is 374 Å². The van der Waals surface area contributed by atoms with Crippen LogP contribution in [0.15, 0.2) is 0 Å². The number of ether oxygens (including phenoxy) is 7. The molecular formula is C45H76O19. The Morgan fingerprint density at radius 2 is 1.20 bits per heavy atom. The number of hydrogen-bond donors (Lipinski definition) is 12. The van der Waals surface area contributed by atoms with Gasteiger partial charge in [0.15, 0.2) is 24.7 Å². The molecule has 8 aliphatic rings. The lowest BCUT2D eigenvalue weighted by Gasteiger charge is -2.61. The Morgan fingerprint density at radius 1 is 0.625 bits per heavy atom. The molecule has 8 fully saturated rings. The first kappa shape index (κ1) is 49.7. The van der Waals surface area contributed by atoms with Gasteiger partial charge < -0.3 is 94.4 Å². The maximum atomic E-state index is 12.1. The van der Waals surface area contributed by atoms with Gasteiger partial charge in [-0.25, -0.2) is 0 Å². The highest BCUT2D eigenvalue weighted by Gasteiger charge is 2.68. The summed E-state index contributed by atoms with van der Waals surface area (Å²) in [5, 5.41) is 125. The molecule has 0 radical (unpaired) electrons. The van der Waals surface area contributed by atoms with Crippen molar-refractivity contribution < 1.29 is 94.4 Å². The van der Waals surface area contributed by atoms with Gasteiger partial charge in [-0.3, -0.25) is 0 Å². The smallest absolute Gasteiger partial charge is 0.187 e. The van der Waals surface area contributed by atoms with Crippen molar-refractivity contribution in [2.24, 2.45) is 52.3 Å². The molecule has 0 aromatic heterocycles. The molecule has 19 heteroatoms. The van der Waals surface area contributed by atoms with Gasteiger partial charge in [-0.05, 0) is 104 Å². The Kier molecular flexibility index (Phi) is 14.9. The van der Waals surface area contributed by atoms with E-state index < -0.39 is 118 Å². The van der Waals surface area contributed by atoms with E-state index in [0.717, 1.165) is 44.9 Å². The largest absolute Gasteiger partial charge is 0.394 e. The molecule has 8 rings (SSSR count). The summed E-state index contributed by atoms with van der Waals surface area (Å²) in [7, 11) is 0. The molecular weight excluding hydrogens is 844 g/mol. The Hall–Kier alpha value is -0.760. The average molecular weight is 921 g/mol. The molecule has 0 unspecified atom stereocenters. The zero-order chi connectivity index (χ0) is 46.2. The maximum Gasteiger partial charge on any atom is 0.187 e. The summed E-state index contributed by atoms with van der Waals surface area (Å²) in [5.74, 6) is 0.532. The second kappa shape index (κ2) is 19.2. The molecule has 64 heavy (non-hydrogen) atoms. The molecule has 12 N–H and O–H groups in total. The van der Waals surface area contributed by atoms with Crippen LogP contribution in [0.4, 0.5) is 0 Å². The molecule has 370 valence electrons. The number of fused-ring (bicyclic) bond motifs is 7. The predicted molar refractivity (Wildman–Crippen MR) is 219 cm³/mol. The zero-order valence-corrected chi connectivity index (χ0v) is 37.5. The van der Waals surface area contributed by atoms with Gasteiger partial charge in [-0.15, -0.1) is 0 Å². The molecule has 4 aliphatic carbocycles. The topological polar surface area (TPSA) is 307 Å². The fourth-order valence-electron chi connectivity index (χ4n) is 14.2. The van der Waals surface area contributed by atoms with Crippen molar-refractivity contribution in [1.82, 2.24) is 0 Å². The SMILES string of the molecule is C[C@@H](CC[C@@]1(O)O[C@H]2C[C@H]3[C@@H]4CC[C@@H]5C[C@H](O[C@H]6O[C@H](CO)[C@@H](O)[C@H](O)[C@H]6O[C@H]6O[C@H](CO)[C@H](O)[C@@H](O)[C@@H]6O)CC[C@]5(C)[C@H]4CC[C@]3(C)[C@@H]2[C@@H]1C)CO[C@H]1O[C@H](CO)[C@H](O)[C@@H](O)[C@@H]1O. The van der Waals surface area contributed by atoms with Gasteiger partial charge in [0, 0.05) is 12.3 Å². The van der Waals surface area contributed by atoms with E-state index in [2.05, 4.69) is 20.8 Å². The monoisotopic (exact) mass is 920 g/mol. The van der Waals surface area contributed by atoms with Gasteiger partial charge in [-0.1, -0.05) is 27.7 Å². The molecule has 0 aromatic carbocycles. The highest BCUT2D eigenvalue weighted by molar-refractivity contribution is 5.15. The molecule has 27 atom stereocenters. The lowest BCUT2D eigenvalue weighted by atomic mass is 9.44. The fraction of sp³-hybridized carbons (Fsp3) is 1.00. The lowest BCUT2D eigenvalue weighted by Crippen LogP contribution is -2.65. The van der Waals surface area contributed by atoms with Crippen LogP contribution in [0.3, 0.4) is 0 Å². The van der Waals surface area contributed by atoms with Crippen LogP contribution in [0, 0.1) is 52.3 Å². The molecule has 4 heterocycles. The molecule has 0 amide bonds. The first-order chi connectivity index (χ1) is 30.3. The van der Waals surface area contributed by atoms with Gasteiger partial charge in [0.25, 0.3) is 0 Å². The van der Waals surface area contributed by atoms with Crippen molar-refractivity contribution in [3.63, 3.8) is 0 Å². The molecule has 4 aliphatic heterocycles. The highest BCUT2D eigenvalue weighted by atomic mass is 16.8. The molecule has 0 bridgehead atoms. The number of aliphatic hydroxyl groups is 12. The molecule has 4 saturated carbocycles. The molecule has 0 spiro atoms. The van der Waals surface area contributed by atoms with Gasteiger partial charge >= 0.3 is 0 Å². The minimum absolute atomic E-state index is 0.00000712. The summed E-state index contributed by atoms with van der Waals surface area (Å²) in [4.78, 5) is 0. The van der Waals surface area contributed by atoms with E-state index in [1.807, 2.05) is 6.92 Å². The average Bonchev–Trinajstić information content (AvgIpc) is 3.71. The summed E-state index contributed by atoms with van der Waals surface area (Å²) in [5.41, 5.74) is 0.0475. The van der Waals surface area contributed by atoms with Crippen LogP contribution in [-0.2, 0) is 33.2 Å². The van der Waals surface area contributed by atoms with Gasteiger partial charge in [-0.2, -0.15) is 0 Å². The Balaban J connectivity index is 0.869. The van der Waals surface area contributed by atoms with E-state index in [4.69, 9.17) is 33.2 Å². The van der Waals surface area contributed by atoms with E-state index in [9.17, 15) is 61.3 Å². The van der Waals surface area contributed by atoms with Crippen LogP contribution >= 0.6 is 0 Å². The minimum Gasteiger partial charge on any atom is -0.394 e. The van der Waals surface area contributed by atoms with Crippen molar-refractivity contribution >= 4 is 0 Å². The van der Waals surface area contributed by atoms with Crippen LogP contribution in [-0.4, -0.2) is 198 Å². The van der Waals surface area contributed by atoms with Gasteiger partial charge in [0.2, 0.25) is 0 Å². The summed E-state index contributed by atoms with van der Waals surface area (Å²) in [6, 6.07) is 0. The normalized spacial score (nSPS) is 55.6.